The molecule has 3 N–H and O–H groups in total. The van der Waals surface area contributed by atoms with Crippen LogP contribution in [0.3, 0.4) is 0 Å². The highest BCUT2D eigenvalue weighted by Crippen LogP contribution is 2.21. The first-order valence-corrected chi connectivity index (χ1v) is 7.61. The van der Waals surface area contributed by atoms with E-state index < -0.39 is 0 Å². The first-order valence-electron chi connectivity index (χ1n) is 6.82. The third-order valence-electron chi connectivity index (χ3n) is 2.59. The van der Waals surface area contributed by atoms with Crippen molar-refractivity contribution in [2.24, 2.45) is 0 Å². The summed E-state index contributed by atoms with van der Waals surface area (Å²) in [6.45, 7) is 5.84. The summed E-state index contributed by atoms with van der Waals surface area (Å²) in [7, 11) is 0. The lowest BCUT2D eigenvalue weighted by Gasteiger charge is -2.11. The Morgan fingerprint density at radius 3 is 2.68 bits per heavy atom. The van der Waals surface area contributed by atoms with Gasteiger partial charge >= 0.3 is 0 Å². The Bertz CT molecular complexity index is 573. The Labute approximate surface area is 138 Å². The second-order valence-electron chi connectivity index (χ2n) is 4.59. The summed E-state index contributed by atoms with van der Waals surface area (Å²) in [6.07, 6.45) is 1.36. The van der Waals surface area contributed by atoms with Gasteiger partial charge in [-0.05, 0) is 44.5 Å². The van der Waals surface area contributed by atoms with E-state index in [1.165, 1.54) is 6.08 Å². The lowest BCUT2D eigenvalue weighted by molar-refractivity contribution is -0.124. The summed E-state index contributed by atoms with van der Waals surface area (Å²) in [5.41, 5.74) is 6.56. The molecule has 1 rings (SSSR count). The first kappa shape index (κ1) is 18.0. The number of carbonyl (C=O) groups is 2. The van der Waals surface area contributed by atoms with Crippen LogP contribution in [0, 0.1) is 6.92 Å². The van der Waals surface area contributed by atoms with Crippen LogP contribution in [0.25, 0.3) is 0 Å². The maximum absolute atomic E-state index is 11.7. The second kappa shape index (κ2) is 9.09. The van der Waals surface area contributed by atoms with Crippen molar-refractivity contribution in [2.45, 2.75) is 20.8 Å². The number of benzene rings is 1. The van der Waals surface area contributed by atoms with Crippen LogP contribution >= 0.6 is 15.9 Å². The smallest absolute Gasteiger partial charge is 0.276 e. The summed E-state index contributed by atoms with van der Waals surface area (Å²) in [5, 5.41) is 2.62. The van der Waals surface area contributed by atoms with Crippen LogP contribution in [0.1, 0.15) is 19.4 Å². The van der Waals surface area contributed by atoms with E-state index in [0.717, 1.165) is 10.0 Å². The van der Waals surface area contributed by atoms with Crippen molar-refractivity contribution < 1.29 is 14.3 Å². The minimum absolute atomic E-state index is 0.121. The highest BCUT2D eigenvalue weighted by Gasteiger charge is 2.05. The minimum atomic E-state index is -0.342. The van der Waals surface area contributed by atoms with Gasteiger partial charge in [0, 0.05) is 22.8 Å². The van der Waals surface area contributed by atoms with Gasteiger partial charge in [-0.25, -0.2) is 0 Å². The van der Waals surface area contributed by atoms with E-state index in [2.05, 4.69) is 32.1 Å². The number of hydrazine groups is 1. The van der Waals surface area contributed by atoms with Crippen LogP contribution in [-0.2, 0) is 9.59 Å². The van der Waals surface area contributed by atoms with Gasteiger partial charge in [-0.1, -0.05) is 15.9 Å². The van der Waals surface area contributed by atoms with Crippen molar-refractivity contribution in [3.63, 3.8) is 0 Å². The standard InChI is InChI=1S/C15H20BrN3O3/c1-4-17-14(20)8-11(3)18-19-15(21)9-22-13-6-5-12(16)7-10(13)2/h5-8,18H,4,9H2,1-3H3,(H,17,20)(H,19,21). The topological polar surface area (TPSA) is 79.5 Å². The lowest BCUT2D eigenvalue weighted by Crippen LogP contribution is -2.39. The zero-order chi connectivity index (χ0) is 16.5. The summed E-state index contributed by atoms with van der Waals surface area (Å²) in [4.78, 5) is 23.0. The number of nitrogens with one attached hydrogen (secondary N) is 3. The molecule has 0 fully saturated rings. The molecule has 0 aliphatic rings. The summed E-state index contributed by atoms with van der Waals surface area (Å²) in [5.74, 6) is 0.0855. The molecule has 1 aromatic rings. The SMILES string of the molecule is CCNC(=O)C=C(C)NNC(=O)COc1ccc(Br)cc1C. The van der Waals surface area contributed by atoms with Gasteiger partial charge in [-0.3, -0.25) is 15.0 Å². The molecule has 0 radical (unpaired) electrons. The molecule has 7 heteroatoms. The lowest BCUT2D eigenvalue weighted by atomic mass is 10.2. The van der Waals surface area contributed by atoms with Crippen LogP contribution in [0.2, 0.25) is 0 Å². The molecule has 1 aromatic carbocycles. The molecule has 0 spiro atoms. The second-order valence-corrected chi connectivity index (χ2v) is 5.51. The maximum atomic E-state index is 11.7. The first-order chi connectivity index (χ1) is 10.4. The minimum Gasteiger partial charge on any atom is -0.483 e. The number of hydrogen-bond acceptors (Lipinski definition) is 4. The monoisotopic (exact) mass is 369 g/mol. The summed E-state index contributed by atoms with van der Waals surface area (Å²) < 4.78 is 6.39. The van der Waals surface area contributed by atoms with Crippen molar-refractivity contribution in [2.75, 3.05) is 13.2 Å². The van der Waals surface area contributed by atoms with Crippen LogP contribution < -0.4 is 20.9 Å². The molecule has 0 atom stereocenters. The normalized spacial score (nSPS) is 10.8. The van der Waals surface area contributed by atoms with Crippen molar-refractivity contribution in [1.29, 1.82) is 0 Å². The predicted octanol–water partition coefficient (Wildman–Crippen LogP) is 1.80. The Hall–Kier alpha value is -2.02. The van der Waals surface area contributed by atoms with Crippen molar-refractivity contribution >= 4 is 27.7 Å². The molecule has 22 heavy (non-hydrogen) atoms. The molecule has 0 saturated heterocycles. The molecule has 0 heterocycles. The van der Waals surface area contributed by atoms with Gasteiger partial charge in [-0.15, -0.1) is 0 Å². The molecule has 0 saturated carbocycles. The number of ether oxygens (including phenoxy) is 1. The third-order valence-corrected chi connectivity index (χ3v) is 3.09. The molecule has 2 amide bonds. The van der Waals surface area contributed by atoms with E-state index in [0.29, 0.717) is 18.0 Å². The molecular weight excluding hydrogens is 350 g/mol. The molecule has 0 aromatic heterocycles. The molecular formula is C15H20BrN3O3. The van der Waals surface area contributed by atoms with E-state index in [1.807, 2.05) is 26.0 Å². The van der Waals surface area contributed by atoms with Crippen molar-refractivity contribution in [3.05, 3.63) is 40.0 Å². The fraction of sp³-hybridized carbons (Fsp3) is 0.333. The molecule has 120 valence electrons. The number of allylic oxidation sites excluding steroid dienone is 1. The largest absolute Gasteiger partial charge is 0.483 e. The van der Waals surface area contributed by atoms with E-state index >= 15 is 0 Å². The van der Waals surface area contributed by atoms with E-state index in [-0.39, 0.29) is 18.4 Å². The molecule has 0 unspecified atom stereocenters. The average Bonchev–Trinajstić information content (AvgIpc) is 2.44. The van der Waals surface area contributed by atoms with E-state index in [9.17, 15) is 9.59 Å². The number of amides is 2. The number of carbonyl (C=O) groups excluding carboxylic acids is 2. The number of hydrogen-bond donors (Lipinski definition) is 3. The number of aryl methyl sites for hydroxylation is 1. The van der Waals surface area contributed by atoms with Crippen molar-refractivity contribution in [1.82, 2.24) is 16.2 Å². The fourth-order valence-electron chi connectivity index (χ4n) is 1.58. The molecule has 6 nitrogen and oxygen atoms in total. The quantitative estimate of drug-likeness (QED) is 0.505. The predicted molar refractivity (Wildman–Crippen MR) is 88.1 cm³/mol. The number of halogens is 1. The van der Waals surface area contributed by atoms with Gasteiger partial charge < -0.3 is 15.5 Å². The van der Waals surface area contributed by atoms with Gasteiger partial charge in [0.1, 0.15) is 5.75 Å². The molecule has 0 aliphatic heterocycles. The van der Waals surface area contributed by atoms with Gasteiger partial charge in [0.25, 0.3) is 5.91 Å². The zero-order valence-electron chi connectivity index (χ0n) is 12.8. The third kappa shape index (κ3) is 6.62. The summed E-state index contributed by atoms with van der Waals surface area (Å²) in [6, 6.07) is 5.54. The number of likely N-dealkylation sites (N-methyl/N-ethyl adjacent to an activating group) is 1. The summed E-state index contributed by atoms with van der Waals surface area (Å²) >= 11 is 3.36. The van der Waals surface area contributed by atoms with Gasteiger partial charge in [0.2, 0.25) is 5.91 Å². The van der Waals surface area contributed by atoms with E-state index in [4.69, 9.17) is 4.74 Å². The Kier molecular flexibility index (Phi) is 7.45. The molecule has 0 aliphatic carbocycles. The van der Waals surface area contributed by atoms with Gasteiger partial charge in [-0.2, -0.15) is 0 Å². The van der Waals surface area contributed by atoms with Crippen LogP contribution in [0.5, 0.6) is 5.75 Å². The van der Waals surface area contributed by atoms with Crippen LogP contribution in [-0.4, -0.2) is 25.0 Å². The number of rotatable bonds is 7. The van der Waals surface area contributed by atoms with Gasteiger partial charge in [0.05, 0.1) is 0 Å². The van der Waals surface area contributed by atoms with Gasteiger partial charge in [0.15, 0.2) is 6.61 Å². The highest BCUT2D eigenvalue weighted by molar-refractivity contribution is 9.10. The van der Waals surface area contributed by atoms with Crippen LogP contribution in [0.15, 0.2) is 34.4 Å². The highest BCUT2D eigenvalue weighted by atomic mass is 79.9. The van der Waals surface area contributed by atoms with E-state index in [1.54, 1.807) is 13.0 Å². The maximum Gasteiger partial charge on any atom is 0.276 e. The van der Waals surface area contributed by atoms with Crippen LogP contribution in [0.4, 0.5) is 0 Å². The zero-order valence-corrected chi connectivity index (χ0v) is 14.4. The Morgan fingerprint density at radius 2 is 2.05 bits per heavy atom. The Morgan fingerprint density at radius 1 is 1.32 bits per heavy atom. The molecule has 0 bridgehead atoms. The Balaban J connectivity index is 2.39. The van der Waals surface area contributed by atoms with Crippen molar-refractivity contribution in [3.8, 4) is 5.75 Å². The fourth-order valence-corrected chi connectivity index (χ4v) is 2.06. The average molecular weight is 370 g/mol.